The van der Waals surface area contributed by atoms with Gasteiger partial charge < -0.3 is 0 Å². The second-order valence-electron chi connectivity index (χ2n) is 5.06. The monoisotopic (exact) mass is 282 g/mol. The van der Waals surface area contributed by atoms with Crippen LogP contribution in [0.25, 0.3) is 6.08 Å². The highest BCUT2D eigenvalue weighted by Gasteiger charge is 2.19. The zero-order chi connectivity index (χ0) is 13.9. The number of rotatable bonds is 1. The predicted octanol–water partition coefficient (Wildman–Crippen LogP) is 4.94. The first-order valence-corrected chi connectivity index (χ1v) is 7.20. The summed E-state index contributed by atoms with van der Waals surface area (Å²) in [6, 6.07) is 15.5. The molecule has 2 aromatic rings. The molecule has 100 valence electrons. The smallest absolute Gasteiger partial charge is 0.189 e. The van der Waals surface area contributed by atoms with Gasteiger partial charge in [0.25, 0.3) is 0 Å². The van der Waals surface area contributed by atoms with Crippen LogP contribution < -0.4 is 0 Å². The number of carbonyl (C=O) groups excluding carboxylic acids is 1. The third-order valence-corrected chi connectivity index (χ3v) is 3.87. The highest BCUT2D eigenvalue weighted by Crippen LogP contribution is 2.26. The minimum absolute atomic E-state index is 0.151. The molecule has 1 nitrogen and oxygen atoms in total. The van der Waals surface area contributed by atoms with E-state index in [0.717, 1.165) is 41.5 Å². The molecule has 2 aromatic carbocycles. The SMILES string of the molecule is O=C1C(=Cc2cccc(Cl)c2)CCCc2ccccc21. The number of ketones is 1. The van der Waals surface area contributed by atoms with E-state index >= 15 is 0 Å². The average Bonchev–Trinajstić information content (AvgIpc) is 2.60. The van der Waals surface area contributed by atoms with Gasteiger partial charge in [-0.25, -0.2) is 0 Å². The van der Waals surface area contributed by atoms with Crippen molar-refractivity contribution in [2.75, 3.05) is 0 Å². The third-order valence-electron chi connectivity index (χ3n) is 3.64. The molecule has 0 heterocycles. The summed E-state index contributed by atoms with van der Waals surface area (Å²) in [6.45, 7) is 0. The molecule has 0 unspecified atom stereocenters. The Bertz CT molecular complexity index is 685. The first kappa shape index (κ1) is 13.1. The Morgan fingerprint density at radius 1 is 1.00 bits per heavy atom. The zero-order valence-electron chi connectivity index (χ0n) is 11.1. The van der Waals surface area contributed by atoms with Gasteiger partial charge in [-0.3, -0.25) is 4.79 Å². The first-order chi connectivity index (χ1) is 9.74. The van der Waals surface area contributed by atoms with Crippen LogP contribution in [0.5, 0.6) is 0 Å². The van der Waals surface area contributed by atoms with Crippen LogP contribution in [0.1, 0.15) is 34.3 Å². The first-order valence-electron chi connectivity index (χ1n) is 6.83. The lowest BCUT2D eigenvalue weighted by molar-refractivity contribution is 0.103. The molecule has 0 radical (unpaired) electrons. The van der Waals surface area contributed by atoms with Crippen LogP contribution in [0, 0.1) is 0 Å². The lowest BCUT2D eigenvalue weighted by atomic mass is 9.98. The maximum atomic E-state index is 12.6. The molecule has 2 heteroatoms. The van der Waals surface area contributed by atoms with Crippen LogP contribution in [-0.4, -0.2) is 5.78 Å². The number of allylic oxidation sites excluding steroid dienone is 1. The van der Waals surface area contributed by atoms with Gasteiger partial charge in [-0.05, 0) is 48.6 Å². The Labute approximate surface area is 123 Å². The zero-order valence-corrected chi connectivity index (χ0v) is 11.9. The van der Waals surface area contributed by atoms with Gasteiger partial charge in [-0.15, -0.1) is 0 Å². The molecule has 1 aliphatic rings. The Hall–Kier alpha value is -1.86. The van der Waals surface area contributed by atoms with E-state index in [0.29, 0.717) is 5.02 Å². The second kappa shape index (κ2) is 5.64. The van der Waals surface area contributed by atoms with E-state index < -0.39 is 0 Å². The topological polar surface area (TPSA) is 17.1 Å². The molecule has 1 aliphatic carbocycles. The molecule has 0 spiro atoms. The number of fused-ring (bicyclic) bond motifs is 1. The molecule has 0 aliphatic heterocycles. The van der Waals surface area contributed by atoms with E-state index in [1.54, 1.807) is 0 Å². The molecule has 0 atom stereocenters. The Morgan fingerprint density at radius 2 is 1.85 bits per heavy atom. The average molecular weight is 283 g/mol. The minimum Gasteiger partial charge on any atom is -0.289 e. The van der Waals surface area contributed by atoms with Crippen molar-refractivity contribution < 1.29 is 4.79 Å². The highest BCUT2D eigenvalue weighted by atomic mass is 35.5. The van der Waals surface area contributed by atoms with Gasteiger partial charge in [0.15, 0.2) is 5.78 Å². The normalized spacial score (nSPS) is 16.9. The second-order valence-corrected chi connectivity index (χ2v) is 5.50. The largest absolute Gasteiger partial charge is 0.289 e. The summed E-state index contributed by atoms with van der Waals surface area (Å²) in [4.78, 5) is 12.6. The molecule has 0 aromatic heterocycles. The minimum atomic E-state index is 0.151. The molecule has 0 N–H and O–H groups in total. The van der Waals surface area contributed by atoms with E-state index in [9.17, 15) is 4.79 Å². The summed E-state index contributed by atoms with van der Waals surface area (Å²) in [5.41, 5.74) is 3.86. The molecule has 0 bridgehead atoms. The van der Waals surface area contributed by atoms with Crippen molar-refractivity contribution in [2.24, 2.45) is 0 Å². The molecule has 0 saturated carbocycles. The molecule has 3 rings (SSSR count). The number of halogens is 1. The number of Topliss-reactive ketones (excluding diaryl/α,β-unsaturated/α-hetero) is 1. The summed E-state index contributed by atoms with van der Waals surface area (Å²) < 4.78 is 0. The number of benzene rings is 2. The van der Waals surface area contributed by atoms with Crippen LogP contribution in [0.3, 0.4) is 0 Å². The third kappa shape index (κ3) is 2.68. The summed E-state index contributed by atoms with van der Waals surface area (Å²) in [5.74, 6) is 0.151. The molecular weight excluding hydrogens is 268 g/mol. The summed E-state index contributed by atoms with van der Waals surface area (Å²) >= 11 is 6.00. The number of hydrogen-bond acceptors (Lipinski definition) is 1. The summed E-state index contributed by atoms with van der Waals surface area (Å²) in [6.07, 6.45) is 4.76. The molecule has 0 saturated heterocycles. The van der Waals surface area contributed by atoms with E-state index in [1.165, 1.54) is 0 Å². The van der Waals surface area contributed by atoms with Crippen molar-refractivity contribution in [2.45, 2.75) is 19.3 Å². The maximum Gasteiger partial charge on any atom is 0.189 e. The van der Waals surface area contributed by atoms with Crippen LogP contribution >= 0.6 is 11.6 Å². The fourth-order valence-corrected chi connectivity index (χ4v) is 2.85. The van der Waals surface area contributed by atoms with Gasteiger partial charge in [-0.2, -0.15) is 0 Å². The van der Waals surface area contributed by atoms with Crippen molar-refractivity contribution in [1.82, 2.24) is 0 Å². The van der Waals surface area contributed by atoms with Gasteiger partial charge in [0.05, 0.1) is 0 Å². The standard InChI is InChI=1S/C18H15ClO/c19-16-9-3-5-13(12-16)11-15-8-4-7-14-6-1-2-10-17(14)18(15)20/h1-3,5-6,9-12H,4,7-8H2. The van der Waals surface area contributed by atoms with Crippen molar-refractivity contribution in [3.8, 4) is 0 Å². The number of hydrogen-bond donors (Lipinski definition) is 0. The highest BCUT2D eigenvalue weighted by molar-refractivity contribution is 6.30. The Morgan fingerprint density at radius 3 is 2.70 bits per heavy atom. The Balaban J connectivity index is 2.01. The van der Waals surface area contributed by atoms with Crippen LogP contribution in [0.15, 0.2) is 54.1 Å². The van der Waals surface area contributed by atoms with Crippen molar-refractivity contribution in [1.29, 1.82) is 0 Å². The quantitative estimate of drug-likeness (QED) is 0.535. The molecule has 0 fully saturated rings. The van der Waals surface area contributed by atoms with Crippen molar-refractivity contribution in [3.05, 3.63) is 75.8 Å². The predicted molar refractivity (Wildman–Crippen MR) is 83.1 cm³/mol. The van der Waals surface area contributed by atoms with E-state index in [-0.39, 0.29) is 5.78 Å². The van der Waals surface area contributed by atoms with Gasteiger partial charge >= 0.3 is 0 Å². The summed E-state index contributed by atoms with van der Waals surface area (Å²) in [5, 5.41) is 0.695. The van der Waals surface area contributed by atoms with E-state index in [2.05, 4.69) is 6.07 Å². The number of carbonyl (C=O) groups is 1. The van der Waals surface area contributed by atoms with E-state index in [4.69, 9.17) is 11.6 Å². The number of aryl methyl sites for hydroxylation is 1. The fraction of sp³-hybridized carbons (Fsp3) is 0.167. The van der Waals surface area contributed by atoms with Gasteiger partial charge in [-0.1, -0.05) is 48.0 Å². The van der Waals surface area contributed by atoms with Crippen LogP contribution in [0.2, 0.25) is 5.02 Å². The molecule has 20 heavy (non-hydrogen) atoms. The van der Waals surface area contributed by atoms with Crippen molar-refractivity contribution >= 4 is 23.5 Å². The molecular formula is C18H15ClO. The Kier molecular flexibility index (Phi) is 3.70. The molecule has 0 amide bonds. The lowest BCUT2D eigenvalue weighted by Gasteiger charge is -2.05. The van der Waals surface area contributed by atoms with Gasteiger partial charge in [0.2, 0.25) is 0 Å². The van der Waals surface area contributed by atoms with Gasteiger partial charge in [0.1, 0.15) is 0 Å². The van der Waals surface area contributed by atoms with Crippen LogP contribution in [0.4, 0.5) is 0 Å². The van der Waals surface area contributed by atoms with Crippen molar-refractivity contribution in [3.63, 3.8) is 0 Å². The lowest BCUT2D eigenvalue weighted by Crippen LogP contribution is -2.03. The van der Waals surface area contributed by atoms with E-state index in [1.807, 2.05) is 48.5 Å². The van der Waals surface area contributed by atoms with Crippen LogP contribution in [-0.2, 0) is 6.42 Å². The maximum absolute atomic E-state index is 12.6. The summed E-state index contributed by atoms with van der Waals surface area (Å²) in [7, 11) is 0. The fourth-order valence-electron chi connectivity index (χ4n) is 2.65. The van der Waals surface area contributed by atoms with Gasteiger partial charge in [0, 0.05) is 16.2 Å².